The number of hydrogen-bond donors (Lipinski definition) is 1. The molecule has 1 aliphatic heterocycles. The number of hydrogen-bond acceptors (Lipinski definition) is 3. The van der Waals surface area contributed by atoms with Gasteiger partial charge >= 0.3 is 0 Å². The molecule has 1 amide bonds. The second-order valence-corrected chi connectivity index (χ2v) is 5.65. The van der Waals surface area contributed by atoms with Crippen molar-refractivity contribution in [1.29, 1.82) is 0 Å². The molecule has 2 atom stereocenters. The molecule has 0 radical (unpaired) electrons. The number of aromatic nitrogens is 1. The SMILES string of the molecule is CCCNc1ccnc(C(=O)N2CC3CCC2C3)c1. The van der Waals surface area contributed by atoms with Gasteiger partial charge in [-0.2, -0.15) is 0 Å². The van der Waals surface area contributed by atoms with Crippen LogP contribution in [0, 0.1) is 5.92 Å². The number of piperidine rings is 1. The van der Waals surface area contributed by atoms with Crippen LogP contribution in [0.3, 0.4) is 0 Å². The standard InChI is InChI=1S/C15H21N3O/c1-2-6-16-12-5-7-17-14(9-12)15(19)18-10-11-3-4-13(18)8-11/h5,7,9,11,13H,2-4,6,8,10H2,1H3,(H,16,17). The van der Waals surface area contributed by atoms with Crippen molar-refractivity contribution < 1.29 is 4.79 Å². The normalized spacial score (nSPS) is 24.8. The maximum atomic E-state index is 12.5. The molecule has 1 saturated heterocycles. The van der Waals surface area contributed by atoms with Crippen molar-refractivity contribution in [3.8, 4) is 0 Å². The molecule has 2 fully saturated rings. The lowest BCUT2D eigenvalue weighted by molar-refractivity contribution is 0.0697. The molecule has 3 rings (SSSR count). The number of likely N-dealkylation sites (tertiary alicyclic amines) is 1. The smallest absolute Gasteiger partial charge is 0.272 e. The minimum absolute atomic E-state index is 0.104. The molecule has 0 aromatic carbocycles. The Balaban J connectivity index is 1.72. The van der Waals surface area contributed by atoms with Gasteiger partial charge in [0.15, 0.2) is 0 Å². The van der Waals surface area contributed by atoms with Gasteiger partial charge in [0.1, 0.15) is 5.69 Å². The number of nitrogens with one attached hydrogen (secondary N) is 1. The average Bonchev–Trinajstić information content (AvgIpc) is 3.07. The van der Waals surface area contributed by atoms with Crippen molar-refractivity contribution in [2.45, 2.75) is 38.6 Å². The van der Waals surface area contributed by atoms with Crippen molar-refractivity contribution in [3.63, 3.8) is 0 Å². The third-order valence-electron chi connectivity index (χ3n) is 4.23. The largest absolute Gasteiger partial charge is 0.385 e. The molecular weight excluding hydrogens is 238 g/mol. The zero-order chi connectivity index (χ0) is 13.2. The van der Waals surface area contributed by atoms with Gasteiger partial charge in [-0.1, -0.05) is 6.92 Å². The summed E-state index contributed by atoms with van der Waals surface area (Å²) in [4.78, 5) is 18.8. The predicted octanol–water partition coefficient (Wildman–Crippen LogP) is 2.53. The van der Waals surface area contributed by atoms with E-state index in [0.717, 1.165) is 31.1 Å². The van der Waals surface area contributed by atoms with E-state index in [1.54, 1.807) is 6.20 Å². The number of amides is 1. The molecule has 19 heavy (non-hydrogen) atoms. The first kappa shape index (κ1) is 12.5. The third-order valence-corrected chi connectivity index (χ3v) is 4.23. The lowest BCUT2D eigenvalue weighted by Gasteiger charge is -2.26. The molecule has 2 bridgehead atoms. The fourth-order valence-corrected chi connectivity index (χ4v) is 3.25. The summed E-state index contributed by atoms with van der Waals surface area (Å²) in [5, 5.41) is 3.30. The second kappa shape index (κ2) is 5.19. The Kier molecular flexibility index (Phi) is 3.40. The Labute approximate surface area is 114 Å². The lowest BCUT2D eigenvalue weighted by Crippen LogP contribution is -2.38. The molecule has 1 saturated carbocycles. The maximum absolute atomic E-state index is 12.5. The Morgan fingerprint density at radius 1 is 1.53 bits per heavy atom. The zero-order valence-corrected chi connectivity index (χ0v) is 11.4. The first-order valence-electron chi connectivity index (χ1n) is 7.29. The summed E-state index contributed by atoms with van der Waals surface area (Å²) in [5.41, 5.74) is 1.57. The van der Waals surface area contributed by atoms with Crippen molar-refractivity contribution in [2.75, 3.05) is 18.4 Å². The Hall–Kier alpha value is -1.58. The third kappa shape index (κ3) is 2.44. The van der Waals surface area contributed by atoms with Crippen LogP contribution in [0.1, 0.15) is 43.1 Å². The fraction of sp³-hybridized carbons (Fsp3) is 0.600. The Bertz CT molecular complexity index is 474. The van der Waals surface area contributed by atoms with Gasteiger partial charge in [0.2, 0.25) is 0 Å². The highest BCUT2D eigenvalue weighted by molar-refractivity contribution is 5.93. The highest BCUT2D eigenvalue weighted by Crippen LogP contribution is 2.37. The summed E-state index contributed by atoms with van der Waals surface area (Å²) in [6.45, 7) is 3.98. The van der Waals surface area contributed by atoms with E-state index in [2.05, 4.69) is 17.2 Å². The number of nitrogens with zero attached hydrogens (tertiary/aromatic N) is 2. The average molecular weight is 259 g/mol. The highest BCUT2D eigenvalue weighted by atomic mass is 16.2. The van der Waals surface area contributed by atoms with Gasteiger partial charge in [-0.3, -0.25) is 9.78 Å². The van der Waals surface area contributed by atoms with E-state index in [-0.39, 0.29) is 5.91 Å². The van der Waals surface area contributed by atoms with Crippen LogP contribution in [0.15, 0.2) is 18.3 Å². The molecule has 1 aliphatic carbocycles. The topological polar surface area (TPSA) is 45.2 Å². The monoisotopic (exact) mass is 259 g/mol. The summed E-state index contributed by atoms with van der Waals surface area (Å²) in [6.07, 6.45) is 6.45. The number of carbonyl (C=O) groups is 1. The molecule has 4 heteroatoms. The summed E-state index contributed by atoms with van der Waals surface area (Å²) < 4.78 is 0. The predicted molar refractivity (Wildman–Crippen MR) is 75.2 cm³/mol. The molecule has 0 spiro atoms. The number of carbonyl (C=O) groups excluding carboxylic acids is 1. The van der Waals surface area contributed by atoms with Gasteiger partial charge in [0.25, 0.3) is 5.91 Å². The summed E-state index contributed by atoms with van der Waals surface area (Å²) in [7, 11) is 0. The molecule has 1 aromatic rings. The van der Waals surface area contributed by atoms with E-state index in [1.807, 2.05) is 17.0 Å². The van der Waals surface area contributed by atoms with Crippen LogP contribution >= 0.6 is 0 Å². The first-order valence-corrected chi connectivity index (χ1v) is 7.29. The zero-order valence-electron chi connectivity index (χ0n) is 11.4. The van der Waals surface area contributed by atoms with E-state index in [0.29, 0.717) is 11.7 Å². The number of anilines is 1. The lowest BCUT2D eigenvalue weighted by atomic mass is 10.1. The van der Waals surface area contributed by atoms with Crippen LogP contribution < -0.4 is 5.32 Å². The molecule has 1 N–H and O–H groups in total. The Morgan fingerprint density at radius 2 is 2.42 bits per heavy atom. The fourth-order valence-electron chi connectivity index (χ4n) is 3.25. The van der Waals surface area contributed by atoms with Gasteiger partial charge < -0.3 is 10.2 Å². The number of fused-ring (bicyclic) bond motifs is 2. The van der Waals surface area contributed by atoms with Crippen LogP contribution in [0.5, 0.6) is 0 Å². The van der Waals surface area contributed by atoms with Crippen LogP contribution in [0.25, 0.3) is 0 Å². The highest BCUT2D eigenvalue weighted by Gasteiger charge is 2.40. The minimum atomic E-state index is 0.104. The summed E-state index contributed by atoms with van der Waals surface area (Å²) >= 11 is 0. The van der Waals surface area contributed by atoms with E-state index in [4.69, 9.17) is 0 Å². The van der Waals surface area contributed by atoms with Crippen LogP contribution in [0.4, 0.5) is 5.69 Å². The van der Waals surface area contributed by atoms with Crippen LogP contribution in [0.2, 0.25) is 0 Å². The van der Waals surface area contributed by atoms with Crippen LogP contribution in [-0.2, 0) is 0 Å². The number of rotatable bonds is 4. The van der Waals surface area contributed by atoms with Crippen LogP contribution in [-0.4, -0.2) is 34.9 Å². The molecular formula is C15H21N3O. The Morgan fingerprint density at radius 3 is 3.11 bits per heavy atom. The summed E-state index contributed by atoms with van der Waals surface area (Å²) in [6, 6.07) is 4.26. The van der Waals surface area contributed by atoms with Gasteiger partial charge in [-0.15, -0.1) is 0 Å². The van der Waals surface area contributed by atoms with E-state index < -0.39 is 0 Å². The van der Waals surface area contributed by atoms with E-state index >= 15 is 0 Å². The van der Waals surface area contributed by atoms with Gasteiger partial charge in [-0.25, -0.2) is 0 Å². The first-order chi connectivity index (χ1) is 9.28. The second-order valence-electron chi connectivity index (χ2n) is 5.65. The van der Waals surface area contributed by atoms with E-state index in [1.165, 1.54) is 19.3 Å². The van der Waals surface area contributed by atoms with E-state index in [9.17, 15) is 4.79 Å². The maximum Gasteiger partial charge on any atom is 0.272 e. The molecule has 2 heterocycles. The molecule has 4 nitrogen and oxygen atoms in total. The minimum Gasteiger partial charge on any atom is -0.385 e. The van der Waals surface area contributed by atoms with Crippen molar-refractivity contribution in [2.24, 2.45) is 5.92 Å². The van der Waals surface area contributed by atoms with Gasteiger partial charge in [0.05, 0.1) is 0 Å². The molecule has 1 aromatic heterocycles. The molecule has 2 unspecified atom stereocenters. The molecule has 2 aliphatic rings. The van der Waals surface area contributed by atoms with Gasteiger partial charge in [-0.05, 0) is 43.7 Å². The quantitative estimate of drug-likeness (QED) is 0.903. The summed E-state index contributed by atoms with van der Waals surface area (Å²) in [5.74, 6) is 0.836. The van der Waals surface area contributed by atoms with Crippen molar-refractivity contribution >= 4 is 11.6 Å². The number of pyridine rings is 1. The van der Waals surface area contributed by atoms with Crippen molar-refractivity contribution in [1.82, 2.24) is 9.88 Å². The molecule has 102 valence electrons. The van der Waals surface area contributed by atoms with Gasteiger partial charge in [0, 0.05) is 31.0 Å². The van der Waals surface area contributed by atoms with Crippen molar-refractivity contribution in [3.05, 3.63) is 24.0 Å².